The quantitative estimate of drug-likeness (QED) is 0.688. The zero-order valence-electron chi connectivity index (χ0n) is 9.38. The van der Waals surface area contributed by atoms with E-state index in [1.807, 2.05) is 19.1 Å². The average molecular weight is 225 g/mol. The Balaban J connectivity index is 2.23. The molecule has 0 aliphatic heterocycles. The van der Waals surface area contributed by atoms with Crippen molar-refractivity contribution in [1.29, 1.82) is 0 Å². The maximum absolute atomic E-state index is 11.8. The third-order valence-corrected chi connectivity index (χ3v) is 2.33. The first kappa shape index (κ1) is 11.2. The van der Waals surface area contributed by atoms with Crippen LogP contribution in [-0.2, 0) is 4.79 Å². The fourth-order valence-corrected chi connectivity index (χ4v) is 1.48. The highest BCUT2D eigenvalue weighted by Crippen LogP contribution is 2.06. The summed E-state index contributed by atoms with van der Waals surface area (Å²) in [6, 6.07) is 7.25. The van der Waals surface area contributed by atoms with Crippen molar-refractivity contribution in [2.24, 2.45) is 4.99 Å². The van der Waals surface area contributed by atoms with Crippen LogP contribution in [0.1, 0.15) is 15.9 Å². The summed E-state index contributed by atoms with van der Waals surface area (Å²) in [5.41, 5.74) is 2.06. The molecule has 1 amide bonds. The number of benzene rings is 1. The maximum Gasteiger partial charge on any atom is 0.277 e. The molecule has 1 aliphatic carbocycles. The predicted molar refractivity (Wildman–Crippen MR) is 66.2 cm³/mol. The van der Waals surface area contributed by atoms with Crippen LogP contribution in [0.2, 0.25) is 0 Å². The molecule has 0 aromatic heterocycles. The third kappa shape index (κ3) is 2.84. The summed E-state index contributed by atoms with van der Waals surface area (Å²) in [7, 11) is 0. The topological polar surface area (TPSA) is 46.5 Å². The second-order valence-electron chi connectivity index (χ2n) is 3.78. The van der Waals surface area contributed by atoms with E-state index in [1.165, 1.54) is 24.3 Å². The second-order valence-corrected chi connectivity index (χ2v) is 3.78. The molecule has 0 saturated carbocycles. The number of hydrogen-bond acceptors (Lipinski definition) is 2. The summed E-state index contributed by atoms with van der Waals surface area (Å²) in [6.45, 7) is 1.92. The lowest BCUT2D eigenvalue weighted by molar-refractivity contribution is -0.110. The Morgan fingerprint density at radius 3 is 2.47 bits per heavy atom. The molecule has 1 aromatic rings. The van der Waals surface area contributed by atoms with Crippen LogP contribution in [0.5, 0.6) is 0 Å². The second kappa shape index (κ2) is 4.70. The van der Waals surface area contributed by atoms with Crippen LogP contribution in [0, 0.1) is 6.92 Å². The zero-order valence-corrected chi connectivity index (χ0v) is 9.38. The Morgan fingerprint density at radius 1 is 1.12 bits per heavy atom. The van der Waals surface area contributed by atoms with Gasteiger partial charge in [-0.1, -0.05) is 17.7 Å². The normalized spacial score (nSPS) is 13.9. The van der Waals surface area contributed by atoms with E-state index in [2.05, 4.69) is 4.99 Å². The Hall–Kier alpha value is -2.29. The lowest BCUT2D eigenvalue weighted by Crippen LogP contribution is -2.04. The molecule has 0 atom stereocenters. The Morgan fingerprint density at radius 2 is 1.82 bits per heavy atom. The van der Waals surface area contributed by atoms with E-state index >= 15 is 0 Å². The first-order chi connectivity index (χ1) is 8.15. The standard InChI is InChI=1S/C14H11NO2/c1-10-3-2-4-11(9-10)14(17)15-12-5-7-13(16)8-6-12/h2-9H,1H3. The molecule has 0 fully saturated rings. The molecule has 17 heavy (non-hydrogen) atoms. The molecule has 0 heterocycles. The fraction of sp³-hybridized carbons (Fsp3) is 0.0714. The van der Waals surface area contributed by atoms with Crippen molar-refractivity contribution in [3.8, 4) is 0 Å². The minimum Gasteiger partial charge on any atom is -0.290 e. The summed E-state index contributed by atoms with van der Waals surface area (Å²) >= 11 is 0. The van der Waals surface area contributed by atoms with Gasteiger partial charge in [-0.2, -0.15) is 0 Å². The van der Waals surface area contributed by atoms with E-state index in [0.29, 0.717) is 11.3 Å². The average Bonchev–Trinajstić information content (AvgIpc) is 2.32. The largest absolute Gasteiger partial charge is 0.290 e. The highest BCUT2D eigenvalue weighted by molar-refractivity contribution is 6.20. The molecule has 0 spiro atoms. The Kier molecular flexibility index (Phi) is 3.10. The van der Waals surface area contributed by atoms with E-state index < -0.39 is 0 Å². The highest BCUT2D eigenvalue weighted by atomic mass is 16.1. The van der Waals surface area contributed by atoms with Gasteiger partial charge in [-0.15, -0.1) is 0 Å². The molecule has 0 bridgehead atoms. The van der Waals surface area contributed by atoms with Crippen LogP contribution >= 0.6 is 0 Å². The van der Waals surface area contributed by atoms with Gasteiger partial charge in [0.1, 0.15) is 0 Å². The molecule has 84 valence electrons. The minimum absolute atomic E-state index is 0.0908. The van der Waals surface area contributed by atoms with Gasteiger partial charge in [0.25, 0.3) is 5.91 Å². The molecule has 0 radical (unpaired) electrons. The number of amides is 1. The van der Waals surface area contributed by atoms with Gasteiger partial charge < -0.3 is 0 Å². The van der Waals surface area contributed by atoms with Crippen LogP contribution in [0.15, 0.2) is 53.6 Å². The first-order valence-electron chi connectivity index (χ1n) is 5.25. The van der Waals surface area contributed by atoms with E-state index in [-0.39, 0.29) is 11.7 Å². The summed E-state index contributed by atoms with van der Waals surface area (Å²) in [6.07, 6.45) is 5.86. The lowest BCUT2D eigenvalue weighted by Gasteiger charge is -2.00. The maximum atomic E-state index is 11.8. The van der Waals surface area contributed by atoms with Crippen molar-refractivity contribution in [2.75, 3.05) is 0 Å². The molecule has 1 aliphatic rings. The highest BCUT2D eigenvalue weighted by Gasteiger charge is 2.06. The van der Waals surface area contributed by atoms with Crippen molar-refractivity contribution in [1.82, 2.24) is 0 Å². The number of aryl methyl sites for hydroxylation is 1. The summed E-state index contributed by atoms with van der Waals surface area (Å²) in [5.74, 6) is -0.390. The van der Waals surface area contributed by atoms with Crippen molar-refractivity contribution in [2.45, 2.75) is 6.92 Å². The smallest absolute Gasteiger partial charge is 0.277 e. The van der Waals surface area contributed by atoms with Gasteiger partial charge in [0, 0.05) is 5.56 Å². The van der Waals surface area contributed by atoms with E-state index in [9.17, 15) is 9.59 Å². The molecular weight excluding hydrogens is 214 g/mol. The van der Waals surface area contributed by atoms with Crippen LogP contribution < -0.4 is 0 Å². The van der Waals surface area contributed by atoms with Gasteiger partial charge in [0.15, 0.2) is 5.78 Å². The summed E-state index contributed by atoms with van der Waals surface area (Å²) in [4.78, 5) is 26.6. The number of aliphatic imine (C=N–C) groups is 1. The minimum atomic E-state index is -0.299. The number of ketones is 1. The number of allylic oxidation sites excluding steroid dienone is 4. The Labute approximate surface area is 99.2 Å². The molecule has 1 aromatic carbocycles. The zero-order chi connectivity index (χ0) is 12.3. The number of nitrogens with zero attached hydrogens (tertiary/aromatic N) is 1. The van der Waals surface area contributed by atoms with Gasteiger partial charge in [0.05, 0.1) is 5.71 Å². The van der Waals surface area contributed by atoms with Crippen molar-refractivity contribution in [3.63, 3.8) is 0 Å². The number of hydrogen-bond donors (Lipinski definition) is 0. The van der Waals surface area contributed by atoms with Gasteiger partial charge in [0.2, 0.25) is 0 Å². The summed E-state index contributed by atoms with van der Waals surface area (Å²) < 4.78 is 0. The van der Waals surface area contributed by atoms with Crippen LogP contribution in [0.3, 0.4) is 0 Å². The Bertz CT molecular complexity index is 547. The van der Waals surface area contributed by atoms with E-state index in [0.717, 1.165) is 5.56 Å². The molecule has 0 N–H and O–H groups in total. The molecular formula is C14H11NO2. The van der Waals surface area contributed by atoms with E-state index in [4.69, 9.17) is 0 Å². The van der Waals surface area contributed by atoms with Gasteiger partial charge in [-0.3, -0.25) is 9.59 Å². The van der Waals surface area contributed by atoms with Crippen LogP contribution in [-0.4, -0.2) is 17.4 Å². The molecule has 0 unspecified atom stereocenters. The van der Waals surface area contributed by atoms with Crippen LogP contribution in [0.4, 0.5) is 0 Å². The molecule has 0 saturated heterocycles. The SMILES string of the molecule is Cc1cccc(C(=O)N=C2C=CC(=O)C=C2)c1. The number of rotatable bonds is 1. The lowest BCUT2D eigenvalue weighted by atomic mass is 10.1. The molecule has 3 nitrogen and oxygen atoms in total. The predicted octanol–water partition coefficient (Wildman–Crippen LogP) is 2.27. The van der Waals surface area contributed by atoms with Gasteiger partial charge >= 0.3 is 0 Å². The third-order valence-electron chi connectivity index (χ3n) is 2.33. The van der Waals surface area contributed by atoms with Crippen molar-refractivity contribution >= 4 is 17.4 Å². The summed E-state index contributed by atoms with van der Waals surface area (Å²) in [5, 5.41) is 0. The number of carbonyl (C=O) groups is 2. The van der Waals surface area contributed by atoms with Crippen molar-refractivity contribution < 1.29 is 9.59 Å². The first-order valence-corrected chi connectivity index (χ1v) is 5.25. The molecule has 2 rings (SSSR count). The monoisotopic (exact) mass is 225 g/mol. The van der Waals surface area contributed by atoms with Gasteiger partial charge in [-0.25, -0.2) is 4.99 Å². The van der Waals surface area contributed by atoms with Crippen LogP contribution in [0.25, 0.3) is 0 Å². The fourth-order valence-electron chi connectivity index (χ4n) is 1.48. The molecule has 3 heteroatoms. The van der Waals surface area contributed by atoms with Gasteiger partial charge in [-0.05, 0) is 43.4 Å². The van der Waals surface area contributed by atoms with Crippen molar-refractivity contribution in [3.05, 3.63) is 59.7 Å². The van der Waals surface area contributed by atoms with E-state index in [1.54, 1.807) is 12.1 Å². The number of carbonyl (C=O) groups excluding carboxylic acids is 2.